The Morgan fingerprint density at radius 1 is 1.23 bits per heavy atom. The summed E-state index contributed by atoms with van der Waals surface area (Å²) in [7, 11) is 4.21. The molecule has 0 aliphatic carbocycles. The van der Waals surface area contributed by atoms with Crippen LogP contribution in [0, 0.1) is 0 Å². The van der Waals surface area contributed by atoms with Crippen molar-refractivity contribution in [3.8, 4) is 11.5 Å². The van der Waals surface area contributed by atoms with Gasteiger partial charge in [0.1, 0.15) is 5.69 Å². The summed E-state index contributed by atoms with van der Waals surface area (Å²) in [4.78, 5) is 14.0. The fraction of sp³-hybridized carbons (Fsp3) is 0.294. The monoisotopic (exact) mass is 295 g/mol. The third-order valence-electron chi connectivity index (χ3n) is 3.78. The molecule has 3 aromatic rings. The molecule has 2 aromatic heterocycles. The fourth-order valence-electron chi connectivity index (χ4n) is 2.67. The molecule has 1 N–H and O–H groups in total. The number of benzene rings is 1. The summed E-state index contributed by atoms with van der Waals surface area (Å²) in [5.74, 6) is 0.921. The first kappa shape index (κ1) is 14.5. The average Bonchev–Trinajstić information content (AvgIpc) is 3.19. The van der Waals surface area contributed by atoms with Crippen molar-refractivity contribution < 1.29 is 0 Å². The van der Waals surface area contributed by atoms with Crippen LogP contribution in [0.25, 0.3) is 11.5 Å². The molecular weight excluding hydrogens is 274 g/mol. The number of imidazole rings is 2. The minimum Gasteiger partial charge on any atom is -0.342 e. The second kappa shape index (κ2) is 6.58. The molecule has 0 amide bonds. The molecule has 0 saturated heterocycles. The van der Waals surface area contributed by atoms with Crippen molar-refractivity contribution in [3.05, 3.63) is 60.8 Å². The van der Waals surface area contributed by atoms with Crippen molar-refractivity contribution in [3.63, 3.8) is 0 Å². The summed E-state index contributed by atoms with van der Waals surface area (Å²) in [6.45, 7) is 1.01. The van der Waals surface area contributed by atoms with Crippen LogP contribution in [0.4, 0.5) is 0 Å². The summed E-state index contributed by atoms with van der Waals surface area (Å²) in [6.07, 6.45) is 8.41. The number of H-pyrrole nitrogens is 1. The van der Waals surface area contributed by atoms with Crippen molar-refractivity contribution in [1.29, 1.82) is 0 Å². The van der Waals surface area contributed by atoms with Gasteiger partial charge >= 0.3 is 0 Å². The highest BCUT2D eigenvalue weighted by Crippen LogP contribution is 2.27. The number of hydrogen-bond donors (Lipinski definition) is 1. The van der Waals surface area contributed by atoms with Gasteiger partial charge in [-0.05, 0) is 32.6 Å². The third kappa shape index (κ3) is 3.09. The maximum Gasteiger partial charge on any atom is 0.158 e. The maximum atomic E-state index is 4.51. The van der Waals surface area contributed by atoms with Crippen LogP contribution in [-0.4, -0.2) is 45.1 Å². The molecule has 0 aliphatic heterocycles. The zero-order chi connectivity index (χ0) is 15.4. The molecule has 22 heavy (non-hydrogen) atoms. The van der Waals surface area contributed by atoms with Gasteiger partial charge < -0.3 is 14.5 Å². The van der Waals surface area contributed by atoms with Gasteiger partial charge in [-0.15, -0.1) is 0 Å². The van der Waals surface area contributed by atoms with E-state index in [2.05, 4.69) is 68.8 Å². The Morgan fingerprint density at radius 3 is 2.73 bits per heavy atom. The van der Waals surface area contributed by atoms with Gasteiger partial charge in [0, 0.05) is 12.4 Å². The quantitative estimate of drug-likeness (QED) is 0.761. The summed E-state index contributed by atoms with van der Waals surface area (Å²) >= 11 is 0. The molecule has 0 radical (unpaired) electrons. The summed E-state index contributed by atoms with van der Waals surface area (Å²) in [6, 6.07) is 10.8. The molecule has 0 spiro atoms. The highest BCUT2D eigenvalue weighted by molar-refractivity contribution is 5.48. The molecule has 0 saturated carbocycles. The molecule has 114 valence electrons. The smallest absolute Gasteiger partial charge is 0.158 e. The van der Waals surface area contributed by atoms with Gasteiger partial charge in [0.25, 0.3) is 0 Å². The van der Waals surface area contributed by atoms with Crippen molar-refractivity contribution in [2.75, 3.05) is 20.6 Å². The van der Waals surface area contributed by atoms with Crippen molar-refractivity contribution in [2.24, 2.45) is 0 Å². The normalized spacial score (nSPS) is 12.7. The number of aromatic amines is 1. The second-order valence-corrected chi connectivity index (χ2v) is 5.64. The molecule has 5 nitrogen and oxygen atoms in total. The van der Waals surface area contributed by atoms with E-state index in [4.69, 9.17) is 0 Å². The Bertz CT molecular complexity index is 685. The minimum atomic E-state index is 0.254. The van der Waals surface area contributed by atoms with Crippen LogP contribution in [0.3, 0.4) is 0 Å². The Balaban J connectivity index is 1.98. The predicted octanol–water partition coefficient (Wildman–Crippen LogP) is 2.81. The lowest BCUT2D eigenvalue weighted by Crippen LogP contribution is -2.20. The van der Waals surface area contributed by atoms with Crippen LogP contribution in [0.15, 0.2) is 55.2 Å². The average molecular weight is 295 g/mol. The largest absolute Gasteiger partial charge is 0.342 e. The molecule has 1 atom stereocenters. The molecule has 2 heterocycles. The van der Waals surface area contributed by atoms with Gasteiger partial charge in [0.05, 0.1) is 18.6 Å². The zero-order valence-electron chi connectivity index (χ0n) is 13.0. The Morgan fingerprint density at radius 2 is 2.05 bits per heavy atom. The SMILES string of the molecule is CN(C)CC[C@@H](c1ccccc1)n1ccnc1-c1cnc[nH]1. The molecule has 0 bridgehead atoms. The van der Waals surface area contributed by atoms with E-state index in [1.54, 1.807) is 6.33 Å². The second-order valence-electron chi connectivity index (χ2n) is 5.64. The lowest BCUT2D eigenvalue weighted by atomic mass is 10.0. The lowest BCUT2D eigenvalue weighted by Gasteiger charge is -2.23. The Kier molecular flexibility index (Phi) is 4.34. The van der Waals surface area contributed by atoms with Crippen LogP contribution in [-0.2, 0) is 0 Å². The number of nitrogens with one attached hydrogen (secondary N) is 1. The van der Waals surface area contributed by atoms with Gasteiger partial charge in [-0.2, -0.15) is 0 Å². The zero-order valence-corrected chi connectivity index (χ0v) is 13.0. The molecular formula is C17H21N5. The van der Waals surface area contributed by atoms with Crippen molar-refractivity contribution in [1.82, 2.24) is 24.4 Å². The fourth-order valence-corrected chi connectivity index (χ4v) is 2.67. The Labute approximate surface area is 130 Å². The standard InChI is InChI=1S/C17H21N5/c1-21(2)10-8-16(14-6-4-3-5-7-14)22-11-9-19-17(22)15-12-18-13-20-15/h3-7,9,11-13,16H,8,10H2,1-2H3,(H,18,20)/t16-/m0/s1. The van der Waals surface area contributed by atoms with Gasteiger partial charge in [0.15, 0.2) is 5.82 Å². The molecule has 0 aliphatic rings. The van der Waals surface area contributed by atoms with Crippen LogP contribution < -0.4 is 0 Å². The number of rotatable bonds is 6. The summed E-state index contributed by atoms with van der Waals surface area (Å²) < 4.78 is 2.23. The van der Waals surface area contributed by atoms with Crippen LogP contribution in [0.5, 0.6) is 0 Å². The highest BCUT2D eigenvalue weighted by Gasteiger charge is 2.18. The summed E-state index contributed by atoms with van der Waals surface area (Å²) in [5, 5.41) is 0. The minimum absolute atomic E-state index is 0.254. The first-order valence-corrected chi connectivity index (χ1v) is 7.47. The molecule has 1 aromatic carbocycles. The maximum absolute atomic E-state index is 4.51. The topological polar surface area (TPSA) is 49.7 Å². The Hall–Kier alpha value is -2.40. The van der Waals surface area contributed by atoms with Crippen LogP contribution in [0.1, 0.15) is 18.0 Å². The first-order chi connectivity index (χ1) is 10.8. The van der Waals surface area contributed by atoms with Gasteiger partial charge in [-0.3, -0.25) is 0 Å². The van der Waals surface area contributed by atoms with Gasteiger partial charge in [0.2, 0.25) is 0 Å². The van der Waals surface area contributed by atoms with Gasteiger partial charge in [-0.25, -0.2) is 9.97 Å². The van der Waals surface area contributed by atoms with Crippen LogP contribution >= 0.6 is 0 Å². The predicted molar refractivity (Wildman–Crippen MR) is 87.6 cm³/mol. The van der Waals surface area contributed by atoms with E-state index >= 15 is 0 Å². The number of hydrogen-bond acceptors (Lipinski definition) is 3. The van der Waals surface area contributed by atoms with Crippen LogP contribution in [0.2, 0.25) is 0 Å². The highest BCUT2D eigenvalue weighted by atomic mass is 15.1. The third-order valence-corrected chi connectivity index (χ3v) is 3.78. The lowest BCUT2D eigenvalue weighted by molar-refractivity contribution is 0.368. The number of nitrogens with zero attached hydrogens (tertiary/aromatic N) is 4. The van der Waals surface area contributed by atoms with E-state index in [1.807, 2.05) is 18.6 Å². The first-order valence-electron chi connectivity index (χ1n) is 7.47. The van der Waals surface area contributed by atoms with Gasteiger partial charge in [-0.1, -0.05) is 30.3 Å². The number of aromatic nitrogens is 4. The van der Waals surface area contributed by atoms with E-state index in [0.29, 0.717) is 0 Å². The van der Waals surface area contributed by atoms with Crippen molar-refractivity contribution in [2.45, 2.75) is 12.5 Å². The summed E-state index contributed by atoms with van der Waals surface area (Å²) in [5.41, 5.74) is 2.24. The van der Waals surface area contributed by atoms with E-state index in [1.165, 1.54) is 5.56 Å². The molecule has 0 unspecified atom stereocenters. The van der Waals surface area contributed by atoms with E-state index in [9.17, 15) is 0 Å². The molecule has 5 heteroatoms. The van der Waals surface area contributed by atoms with E-state index in [0.717, 1.165) is 24.5 Å². The van der Waals surface area contributed by atoms with E-state index < -0.39 is 0 Å². The van der Waals surface area contributed by atoms with E-state index in [-0.39, 0.29) is 6.04 Å². The van der Waals surface area contributed by atoms with Crippen molar-refractivity contribution >= 4 is 0 Å². The molecule has 0 fully saturated rings. The molecule has 3 rings (SSSR count).